The topological polar surface area (TPSA) is 128 Å². The molecule has 0 N–H and O–H groups in total. The van der Waals surface area contributed by atoms with E-state index in [4.69, 9.17) is 14.2 Å². The van der Waals surface area contributed by atoms with Crippen molar-refractivity contribution < 1.29 is 59.1 Å². The summed E-state index contributed by atoms with van der Waals surface area (Å²) in [5, 5.41) is -5.86. The zero-order valence-corrected chi connectivity index (χ0v) is 21.7. The summed E-state index contributed by atoms with van der Waals surface area (Å²) in [7, 11) is -6.63. The molecule has 2 saturated heterocycles. The van der Waals surface area contributed by atoms with E-state index in [2.05, 4.69) is 4.74 Å². The highest BCUT2D eigenvalue weighted by Gasteiger charge is 2.65. The summed E-state index contributed by atoms with van der Waals surface area (Å²) >= 11 is 4.04. The molecule has 2 bridgehead atoms. The molecule has 1 aromatic rings. The van der Waals surface area contributed by atoms with Crippen molar-refractivity contribution in [2.75, 3.05) is 6.61 Å². The summed E-state index contributed by atoms with van der Waals surface area (Å²) in [6, 6.07) is 3.39. The van der Waals surface area contributed by atoms with Crippen LogP contribution < -0.4 is 4.74 Å². The van der Waals surface area contributed by atoms with Crippen molar-refractivity contribution in [3.8, 4) is 5.75 Å². The molecule has 1 spiro atoms. The van der Waals surface area contributed by atoms with E-state index in [1.54, 1.807) is 12.1 Å². The Kier molecular flexibility index (Phi) is 6.56. The highest BCUT2D eigenvalue weighted by atomic mass is 127. The first-order chi connectivity index (χ1) is 15.6. The van der Waals surface area contributed by atoms with Gasteiger partial charge in [0.05, 0.1) is 35.0 Å². The van der Waals surface area contributed by atoms with Crippen LogP contribution in [-0.4, -0.2) is 60.7 Å². The van der Waals surface area contributed by atoms with E-state index < -0.39 is 70.2 Å². The number of fused-ring (bicyclic) bond motifs is 4. The van der Waals surface area contributed by atoms with Crippen LogP contribution in [0.3, 0.4) is 0 Å². The highest BCUT2D eigenvalue weighted by molar-refractivity contribution is 14.1. The van der Waals surface area contributed by atoms with Crippen molar-refractivity contribution in [2.24, 2.45) is 5.92 Å². The molecule has 0 amide bonds. The van der Waals surface area contributed by atoms with Gasteiger partial charge in [0.25, 0.3) is 5.79 Å². The quantitative estimate of drug-likeness (QED) is 0.188. The molecule has 16 heteroatoms. The number of rotatable bonds is 6. The minimum atomic E-state index is -6.63. The third kappa shape index (κ3) is 4.26. The van der Waals surface area contributed by atoms with Crippen molar-refractivity contribution >= 4 is 67.2 Å². The van der Waals surface area contributed by atoms with Gasteiger partial charge in [-0.1, -0.05) is 0 Å². The molecule has 4 rings (SSSR count). The minimum Gasteiger partial charge on any atom is -0.743 e. The van der Waals surface area contributed by atoms with Gasteiger partial charge in [-0.15, -0.1) is 0 Å². The van der Waals surface area contributed by atoms with Gasteiger partial charge < -0.3 is 23.5 Å². The fourth-order valence-corrected chi connectivity index (χ4v) is 6.45. The minimum absolute atomic E-state index is 0.0610. The Morgan fingerprint density at radius 2 is 1.91 bits per heavy atom. The van der Waals surface area contributed by atoms with E-state index >= 15 is 0 Å². The molecule has 3 heterocycles. The molecule has 0 aliphatic carbocycles. The first-order valence-corrected chi connectivity index (χ1v) is 13.1. The van der Waals surface area contributed by atoms with Crippen molar-refractivity contribution in [1.82, 2.24) is 0 Å². The molecule has 9 nitrogen and oxygen atoms in total. The molecule has 188 valence electrons. The van der Waals surface area contributed by atoms with Crippen LogP contribution in [0.25, 0.3) is 0 Å². The fraction of sp³-hybridized carbons (Fsp3) is 0.556. The predicted molar refractivity (Wildman–Crippen MR) is 117 cm³/mol. The monoisotopic (exact) mass is 735 g/mol. The van der Waals surface area contributed by atoms with E-state index in [-0.39, 0.29) is 18.4 Å². The highest BCUT2D eigenvalue weighted by Crippen LogP contribution is 2.51. The maximum Gasteiger partial charge on any atom is 0.396 e. The maximum atomic E-state index is 13.5. The van der Waals surface area contributed by atoms with Crippen molar-refractivity contribution in [3.05, 3.63) is 24.8 Å². The van der Waals surface area contributed by atoms with Gasteiger partial charge in [0.1, 0.15) is 11.7 Å². The standard InChI is InChI=1S/C18H14F4I2O9S/c19-17(20,18(21,22)34(27,28)29)1-2-30-14(25)8-5-12-16(6-11(8)31-12)32-13-9(15(26)33-16)3-7(23)4-10(13)24/h3-4,8,11-12H,1-2,5-6H2,(H,27,28,29)/p-1. The molecule has 3 aliphatic heterocycles. The van der Waals surface area contributed by atoms with E-state index in [1.807, 2.05) is 45.2 Å². The van der Waals surface area contributed by atoms with E-state index in [1.165, 1.54) is 0 Å². The Hall–Kier alpha value is -0.990. The summed E-state index contributed by atoms with van der Waals surface area (Å²) in [6.45, 7) is -1.26. The molecule has 34 heavy (non-hydrogen) atoms. The summed E-state index contributed by atoms with van der Waals surface area (Å²) in [5.41, 5.74) is 0.235. The lowest BCUT2D eigenvalue weighted by Crippen LogP contribution is -2.53. The average Bonchev–Trinajstić information content (AvgIpc) is 3.26. The van der Waals surface area contributed by atoms with Crippen LogP contribution in [0.15, 0.2) is 12.1 Å². The van der Waals surface area contributed by atoms with Gasteiger partial charge in [0.15, 0.2) is 15.9 Å². The van der Waals surface area contributed by atoms with Crippen LogP contribution in [0, 0.1) is 13.1 Å². The average molecular weight is 735 g/mol. The van der Waals surface area contributed by atoms with Gasteiger partial charge in [-0.3, -0.25) is 4.79 Å². The Balaban J connectivity index is 1.39. The van der Waals surface area contributed by atoms with Crippen LogP contribution >= 0.6 is 45.2 Å². The van der Waals surface area contributed by atoms with Gasteiger partial charge in [0.2, 0.25) is 0 Å². The number of hydrogen-bond acceptors (Lipinski definition) is 9. The molecular weight excluding hydrogens is 722 g/mol. The van der Waals surface area contributed by atoms with Crippen molar-refractivity contribution in [2.45, 2.75) is 48.4 Å². The molecule has 0 saturated carbocycles. The number of benzene rings is 1. The lowest BCUT2D eigenvalue weighted by Gasteiger charge is -2.39. The number of carbonyl (C=O) groups excluding carboxylic acids is 2. The van der Waals surface area contributed by atoms with Crippen LogP contribution in [0.4, 0.5) is 17.6 Å². The molecule has 2 fully saturated rings. The third-order valence-electron chi connectivity index (χ3n) is 5.70. The number of halogens is 6. The zero-order valence-electron chi connectivity index (χ0n) is 16.6. The van der Waals surface area contributed by atoms with Gasteiger partial charge in [0, 0.05) is 3.57 Å². The van der Waals surface area contributed by atoms with Crippen molar-refractivity contribution in [1.29, 1.82) is 0 Å². The van der Waals surface area contributed by atoms with Gasteiger partial charge in [-0.05, 0) is 63.7 Å². The van der Waals surface area contributed by atoms with Gasteiger partial charge in [-0.25, -0.2) is 13.2 Å². The maximum absolute atomic E-state index is 13.5. The Morgan fingerprint density at radius 1 is 1.24 bits per heavy atom. The Labute approximate surface area is 216 Å². The number of alkyl halides is 4. The van der Waals surface area contributed by atoms with E-state index in [9.17, 15) is 40.1 Å². The molecular formula is C18H13F4I2O9S-. The lowest BCUT2D eigenvalue weighted by molar-refractivity contribution is -0.187. The van der Waals surface area contributed by atoms with Crippen LogP contribution in [0.1, 0.15) is 29.6 Å². The molecule has 4 unspecified atom stereocenters. The largest absolute Gasteiger partial charge is 0.743 e. The van der Waals surface area contributed by atoms with E-state index in [0.717, 1.165) is 3.57 Å². The van der Waals surface area contributed by atoms with E-state index in [0.29, 0.717) is 9.32 Å². The zero-order chi connectivity index (χ0) is 25.3. The fourth-order valence-electron chi connectivity index (χ4n) is 4.03. The second-order valence-electron chi connectivity index (χ2n) is 7.87. The van der Waals surface area contributed by atoms with Crippen LogP contribution in [-0.2, 0) is 29.1 Å². The molecule has 4 atom stereocenters. The smallest absolute Gasteiger partial charge is 0.396 e. The Morgan fingerprint density at radius 3 is 2.50 bits per heavy atom. The van der Waals surface area contributed by atoms with Crippen molar-refractivity contribution in [3.63, 3.8) is 0 Å². The molecule has 0 radical (unpaired) electrons. The normalized spacial score (nSPS) is 28.4. The number of hydrogen-bond donors (Lipinski definition) is 0. The summed E-state index contributed by atoms with van der Waals surface area (Å²) < 4.78 is 108. The van der Waals surface area contributed by atoms with Gasteiger partial charge in [-0.2, -0.15) is 17.6 Å². The number of esters is 2. The van der Waals surface area contributed by atoms with Crippen LogP contribution in [0.2, 0.25) is 0 Å². The SMILES string of the molecule is O=C1OC2(CC3OC2CC3C(=O)OCCC(F)(F)C(F)(F)S(=O)(=O)[O-])Oc2c(I)cc(I)cc21. The lowest BCUT2D eigenvalue weighted by atomic mass is 9.84. The second-order valence-corrected chi connectivity index (χ2v) is 11.7. The summed E-state index contributed by atoms with van der Waals surface area (Å²) in [5.74, 6) is -9.08. The Bertz CT molecular complexity index is 1160. The summed E-state index contributed by atoms with van der Waals surface area (Å²) in [4.78, 5) is 24.9. The summed E-state index contributed by atoms with van der Waals surface area (Å²) in [6.07, 6.45) is -3.74. The number of ether oxygens (including phenoxy) is 4. The molecule has 1 aromatic carbocycles. The van der Waals surface area contributed by atoms with Gasteiger partial charge >= 0.3 is 23.1 Å². The number of carbonyl (C=O) groups is 2. The predicted octanol–water partition coefficient (Wildman–Crippen LogP) is 3.03. The first-order valence-electron chi connectivity index (χ1n) is 9.52. The first kappa shape index (κ1) is 26.1. The molecule has 0 aromatic heterocycles. The van der Waals surface area contributed by atoms with Crippen LogP contribution in [0.5, 0.6) is 5.75 Å². The second kappa shape index (κ2) is 8.55. The third-order valence-corrected chi connectivity index (χ3v) is 8.05. The molecule has 3 aliphatic rings.